The molecular formula is C71H104N2O9. The molecule has 4 aromatic carbocycles. The van der Waals surface area contributed by atoms with Gasteiger partial charge in [0, 0.05) is 47.2 Å². The fourth-order valence-corrected chi connectivity index (χ4v) is 13.6. The first kappa shape index (κ1) is 65.7. The third-order valence-corrected chi connectivity index (χ3v) is 19.5. The Labute approximate surface area is 494 Å². The van der Waals surface area contributed by atoms with Crippen LogP contribution in [0.5, 0.6) is 23.0 Å². The molecule has 8 atom stereocenters. The molecule has 0 aromatic heterocycles. The molecule has 11 heteroatoms. The quantitative estimate of drug-likeness (QED) is 0.0216. The second-order valence-corrected chi connectivity index (χ2v) is 27.2. The van der Waals surface area contributed by atoms with Crippen LogP contribution in [0.15, 0.2) is 48.5 Å². The number of carbonyl (C=O) groups is 1. The van der Waals surface area contributed by atoms with Gasteiger partial charge in [0.1, 0.15) is 34.2 Å². The van der Waals surface area contributed by atoms with E-state index in [4.69, 9.17) is 18.9 Å². The van der Waals surface area contributed by atoms with Gasteiger partial charge in [0.05, 0.1) is 9.85 Å². The highest BCUT2D eigenvalue weighted by molar-refractivity contribution is 5.73. The van der Waals surface area contributed by atoms with Crippen molar-refractivity contribution in [3.8, 4) is 23.0 Å². The Hall–Kier alpha value is -5.45. The maximum atomic E-state index is 14.4. The molecule has 0 N–H and O–H groups in total. The van der Waals surface area contributed by atoms with Crippen molar-refractivity contribution in [1.82, 2.24) is 0 Å². The summed E-state index contributed by atoms with van der Waals surface area (Å²) >= 11 is 0. The highest BCUT2D eigenvalue weighted by Gasteiger charge is 2.45. The van der Waals surface area contributed by atoms with E-state index >= 15 is 0 Å². The Morgan fingerprint density at radius 3 is 1.06 bits per heavy atom. The minimum absolute atomic E-state index is 0.0477. The van der Waals surface area contributed by atoms with Gasteiger partial charge in [-0.3, -0.25) is 20.2 Å². The summed E-state index contributed by atoms with van der Waals surface area (Å²) in [6, 6.07) is 13.8. The van der Waals surface area contributed by atoms with Gasteiger partial charge < -0.3 is 18.9 Å². The molecule has 0 fully saturated rings. The Balaban J connectivity index is 1.20. The van der Waals surface area contributed by atoms with Crippen molar-refractivity contribution in [2.75, 3.05) is 0 Å². The van der Waals surface area contributed by atoms with E-state index < -0.39 is 17.4 Å². The van der Waals surface area contributed by atoms with Crippen molar-refractivity contribution >= 4 is 17.5 Å². The first-order valence-electron chi connectivity index (χ1n) is 31.7. The van der Waals surface area contributed by atoms with E-state index in [1.165, 1.54) is 77.0 Å². The predicted octanol–water partition coefficient (Wildman–Crippen LogP) is 20.8. The summed E-state index contributed by atoms with van der Waals surface area (Å²) in [6.07, 6.45) is 21.5. The lowest BCUT2D eigenvalue weighted by molar-refractivity contribution is -0.385. The van der Waals surface area contributed by atoms with Crippen LogP contribution in [0, 0.1) is 97.3 Å². The molecule has 2 aliphatic heterocycles. The zero-order valence-electron chi connectivity index (χ0n) is 53.4. The van der Waals surface area contributed by atoms with Gasteiger partial charge in [0.25, 0.3) is 11.4 Å². The van der Waals surface area contributed by atoms with Crippen LogP contribution in [0.2, 0.25) is 0 Å². The zero-order chi connectivity index (χ0) is 60.2. The van der Waals surface area contributed by atoms with Crippen LogP contribution in [-0.4, -0.2) is 27.2 Å². The van der Waals surface area contributed by atoms with E-state index in [1.807, 2.05) is 65.8 Å². The van der Waals surface area contributed by atoms with Gasteiger partial charge in [-0.25, -0.2) is 4.79 Å². The second-order valence-electron chi connectivity index (χ2n) is 27.2. The molecule has 452 valence electrons. The van der Waals surface area contributed by atoms with Crippen LogP contribution in [-0.2, 0) is 12.8 Å². The van der Waals surface area contributed by atoms with Gasteiger partial charge in [-0.1, -0.05) is 170 Å². The SMILES string of the molecule is Cc1c(C)c2c(c(C)c1OC(=O)Oc1c(C)c(C)c3c(c1C)CC(c1ccc([N+](=O)[O-])cc1)C(C)(CCCC(C)CCCC(C)CCCC(C)C)O3)CC(c1ccc([N+](=O)[O-])cc1)C(C)(CCCC(C)CCCC(C)CCCC(C)C)O2. The molecule has 0 spiro atoms. The van der Waals surface area contributed by atoms with Gasteiger partial charge in [-0.2, -0.15) is 0 Å². The molecule has 4 aromatic rings. The highest BCUT2D eigenvalue weighted by atomic mass is 16.7. The fourth-order valence-electron chi connectivity index (χ4n) is 13.6. The van der Waals surface area contributed by atoms with Crippen LogP contribution >= 0.6 is 0 Å². The van der Waals surface area contributed by atoms with Crippen LogP contribution in [0.4, 0.5) is 16.2 Å². The average molecular weight is 1130 g/mol. The molecule has 0 amide bonds. The summed E-state index contributed by atoms with van der Waals surface area (Å²) in [5.41, 5.74) is 7.71. The van der Waals surface area contributed by atoms with E-state index in [0.717, 1.165) is 129 Å². The van der Waals surface area contributed by atoms with Crippen molar-refractivity contribution < 1.29 is 33.6 Å². The van der Waals surface area contributed by atoms with Gasteiger partial charge in [0.15, 0.2) is 0 Å². The summed E-state index contributed by atoms with van der Waals surface area (Å²) in [6.45, 7) is 35.1. The van der Waals surface area contributed by atoms with Crippen LogP contribution < -0.4 is 18.9 Å². The van der Waals surface area contributed by atoms with Gasteiger partial charge >= 0.3 is 6.16 Å². The molecule has 6 rings (SSSR count). The molecule has 0 saturated carbocycles. The summed E-state index contributed by atoms with van der Waals surface area (Å²) in [5, 5.41) is 23.5. The van der Waals surface area contributed by atoms with Crippen molar-refractivity contribution in [2.45, 2.75) is 262 Å². The number of hydrogen-bond donors (Lipinski definition) is 0. The zero-order valence-corrected chi connectivity index (χ0v) is 53.4. The second kappa shape index (κ2) is 29.4. The van der Waals surface area contributed by atoms with Crippen LogP contribution in [0.3, 0.4) is 0 Å². The summed E-state index contributed by atoms with van der Waals surface area (Å²) in [7, 11) is 0. The molecule has 2 heterocycles. The fraction of sp³-hybridized carbons (Fsp3) is 0.648. The first-order valence-corrected chi connectivity index (χ1v) is 31.7. The molecule has 0 aliphatic carbocycles. The lowest BCUT2D eigenvalue weighted by Crippen LogP contribution is -2.44. The number of nitrogens with zero attached hydrogens (tertiary/aromatic N) is 2. The third-order valence-electron chi connectivity index (χ3n) is 19.5. The average Bonchev–Trinajstić information content (AvgIpc) is 1.65. The lowest BCUT2D eigenvalue weighted by Gasteiger charge is -2.45. The van der Waals surface area contributed by atoms with Gasteiger partial charge in [-0.05, 0) is 174 Å². The third kappa shape index (κ3) is 16.9. The maximum absolute atomic E-state index is 14.4. The number of carbonyl (C=O) groups excluding carboxylic acids is 1. The number of nitro groups is 2. The number of nitro benzene ring substituents is 2. The number of hydrogen-bond acceptors (Lipinski definition) is 9. The molecule has 11 nitrogen and oxygen atoms in total. The Kier molecular flexibility index (Phi) is 23.5. The normalized spacial score (nSPS) is 20.1. The number of rotatable bonds is 30. The van der Waals surface area contributed by atoms with E-state index in [1.54, 1.807) is 24.3 Å². The summed E-state index contributed by atoms with van der Waals surface area (Å²) in [4.78, 5) is 37.2. The largest absolute Gasteiger partial charge is 0.519 e. The Morgan fingerprint density at radius 1 is 0.476 bits per heavy atom. The first-order chi connectivity index (χ1) is 38.7. The van der Waals surface area contributed by atoms with Crippen LogP contribution in [0.25, 0.3) is 0 Å². The number of benzene rings is 4. The molecule has 0 radical (unpaired) electrons. The standard InChI is InChI=1S/C71H104N2O9/c1-45(2)23-17-25-47(5)27-19-29-49(7)31-21-41-70(15)63(57-33-37-59(38-34-57)72(75)76)43-61-55(13)65(51(9)53(11)67(61)81-70)79-69(74)80-66-52(10)54(12)68-62(56(66)14)44-64(58-35-39-60(40-36-58)73(77)78)71(16,82-68)42-22-32-50(8)30-20-28-48(6)26-18-24-46(3)4/h33-40,45-50,63-64H,17-32,41-44H2,1-16H3. The molecule has 0 bridgehead atoms. The number of non-ortho nitro benzene ring substituents is 2. The number of ether oxygens (including phenoxy) is 4. The molecule has 82 heavy (non-hydrogen) atoms. The molecule has 2 aliphatic rings. The lowest BCUT2D eigenvalue weighted by atomic mass is 9.72. The van der Waals surface area contributed by atoms with Gasteiger partial charge in [0.2, 0.25) is 0 Å². The monoisotopic (exact) mass is 1130 g/mol. The van der Waals surface area contributed by atoms with E-state index in [2.05, 4.69) is 69.2 Å². The highest BCUT2D eigenvalue weighted by Crippen LogP contribution is 2.53. The van der Waals surface area contributed by atoms with Crippen molar-refractivity contribution in [2.24, 2.45) is 35.5 Å². The minimum Gasteiger partial charge on any atom is -0.486 e. The molecule has 0 saturated heterocycles. The predicted molar refractivity (Wildman–Crippen MR) is 335 cm³/mol. The van der Waals surface area contributed by atoms with Gasteiger partial charge in [-0.15, -0.1) is 0 Å². The minimum atomic E-state index is -0.845. The smallest absolute Gasteiger partial charge is 0.486 e. The number of fused-ring (bicyclic) bond motifs is 2. The van der Waals surface area contributed by atoms with Crippen LogP contribution in [0.1, 0.15) is 252 Å². The summed E-state index contributed by atoms with van der Waals surface area (Å²) in [5.74, 6) is 6.48. The van der Waals surface area contributed by atoms with E-state index in [9.17, 15) is 25.0 Å². The van der Waals surface area contributed by atoms with E-state index in [-0.39, 0.29) is 33.1 Å². The maximum Gasteiger partial charge on any atom is 0.519 e. The van der Waals surface area contributed by atoms with Crippen molar-refractivity contribution in [3.63, 3.8) is 0 Å². The molecule has 8 unspecified atom stereocenters. The topological polar surface area (TPSA) is 140 Å². The van der Waals surface area contributed by atoms with Crippen molar-refractivity contribution in [3.05, 3.63) is 124 Å². The Morgan fingerprint density at radius 2 is 0.768 bits per heavy atom. The molecular weight excluding hydrogens is 1020 g/mol. The Bertz CT molecular complexity index is 2600. The van der Waals surface area contributed by atoms with Crippen molar-refractivity contribution in [1.29, 1.82) is 0 Å². The van der Waals surface area contributed by atoms with E-state index in [0.29, 0.717) is 36.2 Å². The summed E-state index contributed by atoms with van der Waals surface area (Å²) < 4.78 is 27.1.